The van der Waals surface area contributed by atoms with E-state index in [0.29, 0.717) is 11.3 Å². The van der Waals surface area contributed by atoms with Crippen LogP contribution in [0.3, 0.4) is 0 Å². The van der Waals surface area contributed by atoms with Crippen molar-refractivity contribution >= 4 is 22.7 Å². The molecular weight excluding hydrogens is 386 g/mol. The Morgan fingerprint density at radius 2 is 1.86 bits per heavy atom. The molecule has 0 saturated heterocycles. The highest BCUT2D eigenvalue weighted by Gasteiger charge is 2.16. The molecule has 3 rings (SSSR count). The van der Waals surface area contributed by atoms with Gasteiger partial charge in [-0.15, -0.1) is 0 Å². The van der Waals surface area contributed by atoms with Crippen LogP contribution in [0.4, 0.5) is 0 Å². The van der Waals surface area contributed by atoms with Gasteiger partial charge in [-0.25, -0.2) is 4.79 Å². The van der Waals surface area contributed by atoms with Gasteiger partial charge in [-0.2, -0.15) is 0 Å². The van der Waals surface area contributed by atoms with E-state index in [1.165, 1.54) is 24.0 Å². The van der Waals surface area contributed by atoms with E-state index in [-0.39, 0.29) is 18.6 Å². The fraction of sp³-hybridized carbons (Fsp3) is 0.391. The second kappa shape index (κ2) is 9.83. The number of ether oxygens (including phenoxy) is 1. The molecular formula is C23H27NO4S. The smallest absolute Gasteiger partial charge is 0.338 e. The van der Waals surface area contributed by atoms with Crippen LogP contribution < -0.4 is 5.32 Å². The van der Waals surface area contributed by atoms with Gasteiger partial charge in [-0.1, -0.05) is 30.3 Å². The zero-order chi connectivity index (χ0) is 20.8. The SMILES string of the molecule is CC(NC(=O)COC(=O)c1cccc(CS(C)=O)c1)c1ccc2c(c1)CCCC2. The number of hydrogen-bond acceptors (Lipinski definition) is 4. The summed E-state index contributed by atoms with van der Waals surface area (Å²) in [5.74, 6) is -0.528. The van der Waals surface area contributed by atoms with Gasteiger partial charge in [-0.05, 0) is 67.0 Å². The molecule has 2 aromatic carbocycles. The molecule has 0 fully saturated rings. The molecule has 6 heteroatoms. The van der Waals surface area contributed by atoms with Crippen molar-refractivity contribution in [3.8, 4) is 0 Å². The number of carbonyl (C=O) groups is 2. The maximum Gasteiger partial charge on any atom is 0.338 e. The molecule has 2 unspecified atom stereocenters. The number of fused-ring (bicyclic) bond motifs is 1. The van der Waals surface area contributed by atoms with Gasteiger partial charge in [-0.3, -0.25) is 9.00 Å². The number of carbonyl (C=O) groups excluding carboxylic acids is 2. The van der Waals surface area contributed by atoms with Gasteiger partial charge in [0.1, 0.15) is 0 Å². The van der Waals surface area contributed by atoms with E-state index in [0.717, 1.165) is 24.0 Å². The van der Waals surface area contributed by atoms with Crippen LogP contribution in [0.5, 0.6) is 0 Å². The highest BCUT2D eigenvalue weighted by atomic mass is 32.2. The van der Waals surface area contributed by atoms with Crippen molar-refractivity contribution in [2.45, 2.75) is 44.4 Å². The summed E-state index contributed by atoms with van der Waals surface area (Å²) < 4.78 is 16.5. The highest BCUT2D eigenvalue weighted by molar-refractivity contribution is 7.83. The molecule has 0 bridgehead atoms. The van der Waals surface area contributed by atoms with Gasteiger partial charge >= 0.3 is 5.97 Å². The lowest BCUT2D eigenvalue weighted by atomic mass is 9.89. The number of hydrogen-bond donors (Lipinski definition) is 1. The summed E-state index contributed by atoms with van der Waals surface area (Å²) in [5, 5.41) is 2.89. The van der Waals surface area contributed by atoms with Gasteiger partial charge in [0.2, 0.25) is 0 Å². The van der Waals surface area contributed by atoms with Crippen molar-refractivity contribution in [2.75, 3.05) is 12.9 Å². The van der Waals surface area contributed by atoms with Gasteiger partial charge in [0.15, 0.2) is 6.61 Å². The zero-order valence-electron chi connectivity index (χ0n) is 16.9. The molecule has 1 amide bonds. The monoisotopic (exact) mass is 413 g/mol. The number of rotatable bonds is 7. The van der Waals surface area contributed by atoms with Gasteiger partial charge in [0.25, 0.3) is 5.91 Å². The number of nitrogens with one attached hydrogen (secondary N) is 1. The molecule has 0 heterocycles. The first-order chi connectivity index (χ1) is 13.9. The summed E-state index contributed by atoms with van der Waals surface area (Å²) in [7, 11) is -0.992. The van der Waals surface area contributed by atoms with Crippen LogP contribution in [0.25, 0.3) is 0 Å². The van der Waals surface area contributed by atoms with Crippen molar-refractivity contribution in [1.29, 1.82) is 0 Å². The summed E-state index contributed by atoms with van der Waals surface area (Å²) in [6, 6.07) is 13.0. The lowest BCUT2D eigenvalue weighted by Gasteiger charge is -2.20. The Morgan fingerprint density at radius 1 is 1.10 bits per heavy atom. The predicted molar refractivity (Wildman–Crippen MR) is 114 cm³/mol. The van der Waals surface area contributed by atoms with Crippen LogP contribution in [0, 0.1) is 0 Å². The average Bonchev–Trinajstić information content (AvgIpc) is 2.71. The van der Waals surface area contributed by atoms with E-state index < -0.39 is 16.8 Å². The Balaban J connectivity index is 1.53. The molecule has 0 aliphatic heterocycles. The number of benzene rings is 2. The largest absolute Gasteiger partial charge is 0.452 e. The van der Waals surface area contributed by atoms with E-state index in [1.807, 2.05) is 13.0 Å². The van der Waals surface area contributed by atoms with Crippen molar-refractivity contribution in [3.63, 3.8) is 0 Å². The predicted octanol–water partition coefficient (Wildman–Crippen LogP) is 3.48. The summed E-state index contributed by atoms with van der Waals surface area (Å²) in [5.41, 5.74) is 4.98. The molecule has 154 valence electrons. The van der Waals surface area contributed by atoms with Crippen LogP contribution in [-0.2, 0) is 38.9 Å². The molecule has 0 aromatic heterocycles. The Morgan fingerprint density at radius 3 is 2.62 bits per heavy atom. The zero-order valence-corrected chi connectivity index (χ0v) is 17.7. The molecule has 1 N–H and O–H groups in total. The third-order valence-electron chi connectivity index (χ3n) is 5.12. The van der Waals surface area contributed by atoms with Crippen molar-refractivity contribution in [1.82, 2.24) is 5.32 Å². The molecule has 2 aromatic rings. The Hall–Kier alpha value is -2.47. The first-order valence-corrected chi connectivity index (χ1v) is 11.6. The molecule has 0 radical (unpaired) electrons. The third-order valence-corrected chi connectivity index (χ3v) is 5.86. The standard InChI is InChI=1S/C23H27NO4S/c1-16(19-11-10-18-7-3-4-8-20(18)13-19)24-22(25)14-28-23(26)21-9-5-6-17(12-21)15-29(2)27/h5-6,9-13,16H,3-4,7-8,14-15H2,1-2H3,(H,24,25). The van der Waals surface area contributed by atoms with Gasteiger partial charge in [0, 0.05) is 22.8 Å². The topological polar surface area (TPSA) is 72.5 Å². The van der Waals surface area contributed by atoms with E-state index in [4.69, 9.17) is 4.74 Å². The lowest BCUT2D eigenvalue weighted by molar-refractivity contribution is -0.124. The van der Waals surface area contributed by atoms with E-state index in [1.54, 1.807) is 24.5 Å². The average molecular weight is 414 g/mol. The molecule has 5 nitrogen and oxygen atoms in total. The normalized spacial score (nSPS) is 15.1. The highest BCUT2D eigenvalue weighted by Crippen LogP contribution is 2.24. The fourth-order valence-electron chi connectivity index (χ4n) is 3.63. The van der Waals surface area contributed by atoms with Crippen LogP contribution in [0.1, 0.15) is 58.4 Å². The molecule has 1 aliphatic carbocycles. The Kier molecular flexibility index (Phi) is 7.20. The fourth-order valence-corrected chi connectivity index (χ4v) is 4.28. The number of esters is 1. The summed E-state index contributed by atoms with van der Waals surface area (Å²) in [6.45, 7) is 1.59. The van der Waals surface area contributed by atoms with E-state index in [2.05, 4.69) is 23.5 Å². The van der Waals surface area contributed by atoms with Crippen LogP contribution in [0.15, 0.2) is 42.5 Å². The van der Waals surface area contributed by atoms with Crippen molar-refractivity contribution < 1.29 is 18.5 Å². The third kappa shape index (κ3) is 6.00. The molecule has 0 saturated carbocycles. The summed E-state index contributed by atoms with van der Waals surface area (Å²) in [6.07, 6.45) is 6.28. The number of amides is 1. The van der Waals surface area contributed by atoms with Crippen LogP contribution >= 0.6 is 0 Å². The maximum absolute atomic E-state index is 12.2. The molecule has 2 atom stereocenters. The van der Waals surface area contributed by atoms with Crippen LogP contribution in [-0.4, -0.2) is 28.9 Å². The minimum absolute atomic E-state index is 0.156. The summed E-state index contributed by atoms with van der Waals surface area (Å²) >= 11 is 0. The van der Waals surface area contributed by atoms with Crippen molar-refractivity contribution in [3.05, 3.63) is 70.3 Å². The quantitative estimate of drug-likeness (QED) is 0.706. The second-order valence-electron chi connectivity index (χ2n) is 7.52. The lowest BCUT2D eigenvalue weighted by Crippen LogP contribution is -2.31. The first-order valence-electron chi connectivity index (χ1n) is 9.89. The van der Waals surface area contributed by atoms with E-state index in [9.17, 15) is 13.8 Å². The minimum atomic E-state index is -0.992. The molecule has 1 aliphatic rings. The van der Waals surface area contributed by atoms with Crippen molar-refractivity contribution in [2.24, 2.45) is 0 Å². The number of aryl methyl sites for hydroxylation is 2. The maximum atomic E-state index is 12.2. The first kappa shape index (κ1) is 21.2. The van der Waals surface area contributed by atoms with Gasteiger partial charge in [0.05, 0.1) is 11.6 Å². The molecule has 29 heavy (non-hydrogen) atoms. The Labute approximate surface area is 174 Å². The minimum Gasteiger partial charge on any atom is -0.452 e. The second-order valence-corrected chi connectivity index (χ2v) is 8.95. The Bertz CT molecular complexity index is 925. The van der Waals surface area contributed by atoms with E-state index >= 15 is 0 Å². The summed E-state index contributed by atoms with van der Waals surface area (Å²) in [4.78, 5) is 24.5. The van der Waals surface area contributed by atoms with Crippen LogP contribution in [0.2, 0.25) is 0 Å². The van der Waals surface area contributed by atoms with Gasteiger partial charge < -0.3 is 10.1 Å². The molecule has 0 spiro atoms.